The van der Waals surface area contributed by atoms with Crippen molar-refractivity contribution in [3.05, 3.63) is 48.0 Å². The van der Waals surface area contributed by atoms with Gasteiger partial charge in [0.2, 0.25) is 5.88 Å². The van der Waals surface area contributed by atoms with Crippen LogP contribution in [0.15, 0.2) is 41.1 Å². The lowest BCUT2D eigenvalue weighted by atomic mass is 10.1. The first-order valence-corrected chi connectivity index (χ1v) is 7.77. The van der Waals surface area contributed by atoms with Crippen molar-refractivity contribution in [2.24, 2.45) is 5.92 Å². The van der Waals surface area contributed by atoms with Gasteiger partial charge in [-0.3, -0.25) is 9.69 Å². The number of ether oxygens (including phenoxy) is 1. The maximum absolute atomic E-state index is 12.2. The van der Waals surface area contributed by atoms with Crippen LogP contribution in [0, 0.1) is 5.92 Å². The van der Waals surface area contributed by atoms with Crippen LogP contribution in [0.2, 0.25) is 0 Å². The van der Waals surface area contributed by atoms with Crippen molar-refractivity contribution < 1.29 is 13.9 Å². The van der Waals surface area contributed by atoms with Crippen LogP contribution in [0.3, 0.4) is 0 Å². The van der Waals surface area contributed by atoms with E-state index in [-0.39, 0.29) is 5.91 Å². The summed E-state index contributed by atoms with van der Waals surface area (Å²) in [6, 6.07) is 7.24. The van der Waals surface area contributed by atoms with Crippen molar-refractivity contribution in [3.8, 4) is 5.88 Å². The Morgan fingerprint density at radius 3 is 3.22 bits per heavy atom. The second-order valence-electron chi connectivity index (χ2n) is 5.77. The average molecular weight is 315 g/mol. The van der Waals surface area contributed by atoms with Crippen LogP contribution in [0.5, 0.6) is 5.88 Å². The number of carbonyl (C=O) groups excluding carboxylic acids is 1. The predicted octanol–water partition coefficient (Wildman–Crippen LogP) is 1.94. The van der Waals surface area contributed by atoms with E-state index in [1.807, 2.05) is 12.1 Å². The molecule has 1 N–H and O–H groups in total. The van der Waals surface area contributed by atoms with Gasteiger partial charge in [0, 0.05) is 30.9 Å². The monoisotopic (exact) mass is 315 g/mol. The molecule has 3 rings (SSSR count). The van der Waals surface area contributed by atoms with Crippen LogP contribution in [-0.2, 0) is 6.54 Å². The summed E-state index contributed by atoms with van der Waals surface area (Å²) in [4.78, 5) is 18.5. The average Bonchev–Trinajstić information content (AvgIpc) is 3.25. The first kappa shape index (κ1) is 15.6. The van der Waals surface area contributed by atoms with Gasteiger partial charge < -0.3 is 14.5 Å². The highest BCUT2D eigenvalue weighted by molar-refractivity contribution is 5.94. The molecule has 122 valence electrons. The molecule has 2 aromatic heterocycles. The van der Waals surface area contributed by atoms with Crippen molar-refractivity contribution in [1.82, 2.24) is 15.2 Å². The molecule has 0 bridgehead atoms. The number of hydrogen-bond acceptors (Lipinski definition) is 5. The smallest absolute Gasteiger partial charge is 0.251 e. The maximum atomic E-state index is 12.2. The van der Waals surface area contributed by atoms with Gasteiger partial charge in [0.1, 0.15) is 5.76 Å². The third-order valence-electron chi connectivity index (χ3n) is 4.09. The number of pyridine rings is 1. The number of likely N-dealkylation sites (tertiary alicyclic amines) is 1. The zero-order valence-corrected chi connectivity index (χ0v) is 13.2. The molecule has 1 saturated heterocycles. The summed E-state index contributed by atoms with van der Waals surface area (Å²) in [5, 5.41) is 3.00. The molecule has 0 aliphatic carbocycles. The molecule has 1 amide bonds. The number of nitrogens with one attached hydrogen (secondary N) is 1. The van der Waals surface area contributed by atoms with Gasteiger partial charge in [-0.05, 0) is 37.1 Å². The van der Waals surface area contributed by atoms with Crippen LogP contribution < -0.4 is 10.1 Å². The second-order valence-corrected chi connectivity index (χ2v) is 5.77. The normalized spacial score (nSPS) is 18.0. The molecule has 1 fully saturated rings. The van der Waals surface area contributed by atoms with E-state index in [0.717, 1.165) is 31.8 Å². The van der Waals surface area contributed by atoms with E-state index >= 15 is 0 Å². The van der Waals surface area contributed by atoms with Crippen molar-refractivity contribution in [3.63, 3.8) is 0 Å². The molecule has 23 heavy (non-hydrogen) atoms. The number of carbonyl (C=O) groups is 1. The minimum Gasteiger partial charge on any atom is -0.481 e. The third-order valence-corrected chi connectivity index (χ3v) is 4.09. The number of hydrogen-bond donors (Lipinski definition) is 1. The second kappa shape index (κ2) is 7.28. The van der Waals surface area contributed by atoms with Gasteiger partial charge >= 0.3 is 0 Å². The Bertz CT molecular complexity index is 642. The molecule has 1 aliphatic heterocycles. The largest absolute Gasteiger partial charge is 0.481 e. The standard InChI is InChI=1S/C17H21N3O3/c1-22-16-9-14(4-6-18-16)17(21)19-10-13-5-7-20(11-13)12-15-3-2-8-23-15/h2-4,6,8-9,13H,5,7,10-12H2,1H3,(H,19,21). The third kappa shape index (κ3) is 4.10. The van der Waals surface area contributed by atoms with E-state index < -0.39 is 0 Å². The highest BCUT2D eigenvalue weighted by atomic mass is 16.5. The number of rotatable bonds is 6. The number of nitrogens with zero attached hydrogens (tertiary/aromatic N) is 2. The molecule has 3 heterocycles. The highest BCUT2D eigenvalue weighted by Crippen LogP contribution is 2.18. The molecule has 0 radical (unpaired) electrons. The van der Waals surface area contributed by atoms with Crippen molar-refractivity contribution >= 4 is 5.91 Å². The summed E-state index contributed by atoms with van der Waals surface area (Å²) in [5.74, 6) is 1.81. The number of methoxy groups -OCH3 is 1. The van der Waals surface area contributed by atoms with Gasteiger partial charge in [0.05, 0.1) is 19.9 Å². The SMILES string of the molecule is COc1cc(C(=O)NCC2CCN(Cc3ccco3)C2)ccn1. The van der Waals surface area contributed by atoms with Crippen molar-refractivity contribution in [2.45, 2.75) is 13.0 Å². The minimum atomic E-state index is -0.0878. The Morgan fingerprint density at radius 2 is 2.43 bits per heavy atom. The number of aromatic nitrogens is 1. The molecule has 1 atom stereocenters. The predicted molar refractivity (Wildman–Crippen MR) is 85.2 cm³/mol. The molecule has 0 spiro atoms. The first-order valence-electron chi connectivity index (χ1n) is 7.77. The Hall–Kier alpha value is -2.34. The summed E-state index contributed by atoms with van der Waals surface area (Å²) in [7, 11) is 1.54. The van der Waals surface area contributed by atoms with E-state index in [0.29, 0.717) is 23.9 Å². The zero-order chi connectivity index (χ0) is 16.1. The summed E-state index contributed by atoms with van der Waals surface area (Å²) in [6.45, 7) is 3.52. The van der Waals surface area contributed by atoms with Crippen molar-refractivity contribution in [1.29, 1.82) is 0 Å². The minimum absolute atomic E-state index is 0.0878. The molecular weight excluding hydrogens is 294 g/mol. The highest BCUT2D eigenvalue weighted by Gasteiger charge is 2.23. The quantitative estimate of drug-likeness (QED) is 0.882. The molecule has 1 unspecified atom stereocenters. The lowest BCUT2D eigenvalue weighted by Crippen LogP contribution is -2.31. The topological polar surface area (TPSA) is 67.6 Å². The Balaban J connectivity index is 1.46. The van der Waals surface area contributed by atoms with E-state index in [1.165, 1.54) is 7.11 Å². The fourth-order valence-corrected chi connectivity index (χ4v) is 2.85. The van der Waals surface area contributed by atoms with Crippen LogP contribution in [0.4, 0.5) is 0 Å². The van der Waals surface area contributed by atoms with E-state index in [2.05, 4.69) is 15.2 Å². The molecular formula is C17H21N3O3. The summed E-state index contributed by atoms with van der Waals surface area (Å²) >= 11 is 0. The van der Waals surface area contributed by atoms with Crippen LogP contribution in [0.1, 0.15) is 22.5 Å². The van der Waals surface area contributed by atoms with Gasteiger partial charge in [-0.1, -0.05) is 0 Å². The summed E-state index contributed by atoms with van der Waals surface area (Å²) < 4.78 is 10.4. The van der Waals surface area contributed by atoms with Crippen LogP contribution in [-0.4, -0.2) is 42.5 Å². The van der Waals surface area contributed by atoms with Gasteiger partial charge in [-0.25, -0.2) is 4.98 Å². The molecule has 2 aromatic rings. The molecule has 6 heteroatoms. The molecule has 0 saturated carbocycles. The number of furan rings is 1. The van der Waals surface area contributed by atoms with Gasteiger partial charge in [-0.2, -0.15) is 0 Å². The van der Waals surface area contributed by atoms with Gasteiger partial charge in [-0.15, -0.1) is 0 Å². The van der Waals surface area contributed by atoms with Gasteiger partial charge in [0.25, 0.3) is 5.91 Å². The fraction of sp³-hybridized carbons (Fsp3) is 0.412. The Kier molecular flexibility index (Phi) is 4.92. The van der Waals surface area contributed by atoms with E-state index in [4.69, 9.17) is 9.15 Å². The van der Waals surface area contributed by atoms with Crippen LogP contribution >= 0.6 is 0 Å². The molecule has 6 nitrogen and oxygen atoms in total. The first-order chi connectivity index (χ1) is 11.2. The summed E-state index contributed by atoms with van der Waals surface area (Å²) in [5.41, 5.74) is 0.572. The van der Waals surface area contributed by atoms with Gasteiger partial charge in [0.15, 0.2) is 0 Å². The summed E-state index contributed by atoms with van der Waals surface area (Å²) in [6.07, 6.45) is 4.36. The number of amides is 1. The zero-order valence-electron chi connectivity index (χ0n) is 13.2. The van der Waals surface area contributed by atoms with E-state index in [9.17, 15) is 4.79 Å². The fourth-order valence-electron chi connectivity index (χ4n) is 2.85. The van der Waals surface area contributed by atoms with E-state index in [1.54, 1.807) is 24.6 Å². The molecule has 1 aliphatic rings. The Morgan fingerprint density at radius 1 is 1.52 bits per heavy atom. The molecule has 0 aromatic carbocycles. The maximum Gasteiger partial charge on any atom is 0.251 e. The van der Waals surface area contributed by atoms with Crippen molar-refractivity contribution in [2.75, 3.05) is 26.7 Å². The lowest BCUT2D eigenvalue weighted by Gasteiger charge is -2.15. The van der Waals surface area contributed by atoms with Crippen LogP contribution in [0.25, 0.3) is 0 Å². The Labute approximate surface area is 135 Å². The lowest BCUT2D eigenvalue weighted by molar-refractivity contribution is 0.0946.